The largest absolute Gasteiger partial charge is 0.278 e. The Bertz CT molecular complexity index is 1110. The van der Waals surface area contributed by atoms with Crippen LogP contribution in [0.25, 0.3) is 0 Å². The van der Waals surface area contributed by atoms with Gasteiger partial charge in [0.2, 0.25) is 21.8 Å². The van der Waals surface area contributed by atoms with Crippen LogP contribution >= 0.6 is 11.6 Å². The Kier molecular flexibility index (Phi) is 6.70. The van der Waals surface area contributed by atoms with E-state index in [9.17, 15) is 18.0 Å². The summed E-state index contributed by atoms with van der Waals surface area (Å²) in [4.78, 5) is 27.0. The molecule has 0 radical (unpaired) electrons. The molecule has 0 aromatic heterocycles. The van der Waals surface area contributed by atoms with Crippen LogP contribution in [0.1, 0.15) is 42.4 Å². The number of halogens is 1. The summed E-state index contributed by atoms with van der Waals surface area (Å²) in [5.41, 5.74) is 2.23. The Morgan fingerprint density at radius 3 is 2.19 bits per heavy atom. The minimum absolute atomic E-state index is 0.109. The lowest BCUT2D eigenvalue weighted by atomic mass is 9.81. The van der Waals surface area contributed by atoms with E-state index < -0.39 is 10.0 Å². The molecular formula is C24H27ClN2O4S. The van der Waals surface area contributed by atoms with E-state index in [0.29, 0.717) is 22.6 Å². The number of amides is 2. The summed E-state index contributed by atoms with van der Waals surface area (Å²) in [6.07, 6.45) is 4.01. The molecule has 170 valence electrons. The maximum Gasteiger partial charge on any atom is 0.240 e. The molecule has 2 aliphatic rings. The number of benzene rings is 2. The number of nitrogens with zero attached hydrogens (tertiary/aromatic N) is 1. The predicted molar refractivity (Wildman–Crippen MR) is 123 cm³/mol. The van der Waals surface area contributed by atoms with Crippen LogP contribution in [0.4, 0.5) is 0 Å². The fourth-order valence-electron chi connectivity index (χ4n) is 4.66. The van der Waals surface area contributed by atoms with Crippen molar-refractivity contribution in [2.45, 2.75) is 50.5 Å². The number of carbonyl (C=O) groups is 2. The van der Waals surface area contributed by atoms with Gasteiger partial charge in [0.1, 0.15) is 0 Å². The second kappa shape index (κ2) is 9.33. The van der Waals surface area contributed by atoms with Crippen molar-refractivity contribution in [1.82, 2.24) is 9.62 Å². The van der Waals surface area contributed by atoms with Crippen LogP contribution in [0, 0.1) is 18.8 Å². The molecule has 4 rings (SSSR count). The minimum Gasteiger partial charge on any atom is -0.278 e. The summed E-state index contributed by atoms with van der Waals surface area (Å²) >= 11 is 5.89. The summed E-state index contributed by atoms with van der Waals surface area (Å²) in [7, 11) is -3.74. The van der Waals surface area contributed by atoms with Crippen molar-refractivity contribution >= 4 is 33.4 Å². The Balaban J connectivity index is 1.46. The normalized spacial score (nSPS) is 21.1. The van der Waals surface area contributed by atoms with E-state index >= 15 is 0 Å². The highest BCUT2D eigenvalue weighted by Gasteiger charge is 2.47. The van der Waals surface area contributed by atoms with Gasteiger partial charge in [0.15, 0.2) is 0 Å². The molecule has 0 bridgehead atoms. The van der Waals surface area contributed by atoms with Gasteiger partial charge in [-0.2, -0.15) is 0 Å². The lowest BCUT2D eigenvalue weighted by Crippen LogP contribution is -2.31. The summed E-state index contributed by atoms with van der Waals surface area (Å²) in [6, 6.07) is 12.4. The summed E-state index contributed by atoms with van der Waals surface area (Å²) in [5.74, 6) is -0.657. The number of aryl methyl sites for hydroxylation is 1. The molecule has 2 atom stereocenters. The van der Waals surface area contributed by atoms with Gasteiger partial charge in [-0.3, -0.25) is 14.5 Å². The minimum atomic E-state index is -3.74. The Morgan fingerprint density at radius 2 is 1.56 bits per heavy atom. The first-order valence-corrected chi connectivity index (χ1v) is 12.8. The zero-order valence-corrected chi connectivity index (χ0v) is 19.6. The van der Waals surface area contributed by atoms with Crippen LogP contribution in [0.2, 0.25) is 5.02 Å². The van der Waals surface area contributed by atoms with Crippen molar-refractivity contribution < 1.29 is 18.0 Å². The van der Waals surface area contributed by atoms with Crippen LogP contribution in [-0.2, 0) is 32.6 Å². The average molecular weight is 475 g/mol. The molecule has 1 aliphatic carbocycles. The first-order chi connectivity index (χ1) is 15.3. The second-order valence-corrected chi connectivity index (χ2v) is 10.8. The SMILES string of the molecule is Cc1ccc(CN2C(=O)[C@H]3CCCC[C@H]3C2=O)cc1S(=O)(=O)NCCc1ccc(Cl)cc1. The molecule has 1 N–H and O–H groups in total. The van der Waals surface area contributed by atoms with Crippen LogP contribution < -0.4 is 4.72 Å². The molecule has 2 aromatic rings. The fraction of sp³-hybridized carbons (Fsp3) is 0.417. The van der Waals surface area contributed by atoms with Gasteiger partial charge in [0, 0.05) is 11.6 Å². The summed E-state index contributed by atoms with van der Waals surface area (Å²) in [5, 5.41) is 0.635. The molecule has 0 unspecified atom stereocenters. The number of fused-ring (bicyclic) bond motifs is 1. The maximum atomic E-state index is 12.9. The van der Waals surface area contributed by atoms with Gasteiger partial charge in [-0.05, 0) is 61.1 Å². The van der Waals surface area contributed by atoms with Gasteiger partial charge in [0.05, 0.1) is 23.3 Å². The molecular weight excluding hydrogens is 448 g/mol. The highest BCUT2D eigenvalue weighted by molar-refractivity contribution is 7.89. The predicted octanol–water partition coefficient (Wildman–Crippen LogP) is 3.84. The standard InChI is InChI=1S/C24H27ClN2O4S/c1-16-6-7-18(15-27-23(28)20-4-2-3-5-21(20)24(27)29)14-22(16)32(30,31)26-13-12-17-8-10-19(25)11-9-17/h6-11,14,20-21,26H,2-5,12-13,15H2,1H3/t20-,21+. The molecule has 2 amide bonds. The first-order valence-electron chi connectivity index (χ1n) is 10.9. The Morgan fingerprint density at radius 1 is 0.969 bits per heavy atom. The van der Waals surface area contributed by atoms with Crippen LogP contribution in [0.3, 0.4) is 0 Å². The van der Waals surface area contributed by atoms with Gasteiger partial charge in [-0.25, -0.2) is 13.1 Å². The van der Waals surface area contributed by atoms with Crippen LogP contribution in [0.15, 0.2) is 47.4 Å². The highest BCUT2D eigenvalue weighted by atomic mass is 35.5. The van der Waals surface area contributed by atoms with Crippen molar-refractivity contribution in [3.8, 4) is 0 Å². The zero-order valence-electron chi connectivity index (χ0n) is 18.0. The number of carbonyl (C=O) groups excluding carboxylic acids is 2. The number of rotatable bonds is 7. The van der Waals surface area contributed by atoms with E-state index in [-0.39, 0.29) is 41.6 Å². The quantitative estimate of drug-likeness (QED) is 0.618. The molecule has 32 heavy (non-hydrogen) atoms. The number of hydrogen-bond acceptors (Lipinski definition) is 4. The Hall–Kier alpha value is -2.22. The third-order valence-electron chi connectivity index (χ3n) is 6.43. The topological polar surface area (TPSA) is 83.6 Å². The molecule has 1 aliphatic heterocycles. The molecule has 6 nitrogen and oxygen atoms in total. The molecule has 1 heterocycles. The Labute approximate surface area is 194 Å². The van der Waals surface area contributed by atoms with E-state index in [1.165, 1.54) is 4.90 Å². The van der Waals surface area contributed by atoms with E-state index in [0.717, 1.165) is 31.2 Å². The number of likely N-dealkylation sites (tertiary alicyclic amines) is 1. The average Bonchev–Trinajstić information content (AvgIpc) is 3.01. The van der Waals surface area contributed by atoms with Gasteiger partial charge in [-0.15, -0.1) is 0 Å². The lowest BCUT2D eigenvalue weighted by Gasteiger charge is -2.19. The van der Waals surface area contributed by atoms with E-state index in [1.807, 2.05) is 12.1 Å². The fourth-order valence-corrected chi connectivity index (χ4v) is 6.11. The second-order valence-electron chi connectivity index (χ2n) is 8.63. The highest BCUT2D eigenvalue weighted by Crippen LogP contribution is 2.38. The lowest BCUT2D eigenvalue weighted by molar-refractivity contribution is -0.140. The van der Waals surface area contributed by atoms with Gasteiger partial charge in [0.25, 0.3) is 0 Å². The van der Waals surface area contributed by atoms with Crippen molar-refractivity contribution in [3.05, 3.63) is 64.2 Å². The van der Waals surface area contributed by atoms with Crippen LogP contribution in [0.5, 0.6) is 0 Å². The number of hydrogen-bond donors (Lipinski definition) is 1. The first kappa shape index (κ1) is 23.0. The van der Waals surface area contributed by atoms with Crippen LogP contribution in [-0.4, -0.2) is 31.7 Å². The van der Waals surface area contributed by atoms with E-state index in [2.05, 4.69) is 4.72 Å². The van der Waals surface area contributed by atoms with Gasteiger partial charge < -0.3 is 0 Å². The van der Waals surface area contributed by atoms with Gasteiger partial charge in [-0.1, -0.05) is 48.7 Å². The summed E-state index contributed by atoms with van der Waals surface area (Å²) in [6.45, 7) is 2.09. The molecule has 8 heteroatoms. The van der Waals surface area contributed by atoms with Crippen molar-refractivity contribution in [2.75, 3.05) is 6.54 Å². The van der Waals surface area contributed by atoms with Gasteiger partial charge >= 0.3 is 0 Å². The van der Waals surface area contributed by atoms with Crippen molar-refractivity contribution in [1.29, 1.82) is 0 Å². The third-order valence-corrected chi connectivity index (χ3v) is 8.29. The number of nitrogens with one attached hydrogen (secondary N) is 1. The third kappa shape index (κ3) is 4.75. The molecule has 1 saturated carbocycles. The maximum absolute atomic E-state index is 12.9. The molecule has 2 fully saturated rings. The summed E-state index contributed by atoms with van der Waals surface area (Å²) < 4.78 is 28.5. The van der Waals surface area contributed by atoms with E-state index in [1.54, 1.807) is 37.3 Å². The molecule has 2 aromatic carbocycles. The number of sulfonamides is 1. The van der Waals surface area contributed by atoms with Crippen molar-refractivity contribution in [2.24, 2.45) is 11.8 Å². The smallest absolute Gasteiger partial charge is 0.240 e. The van der Waals surface area contributed by atoms with Crippen molar-refractivity contribution in [3.63, 3.8) is 0 Å². The number of imide groups is 1. The zero-order chi connectivity index (χ0) is 22.9. The molecule has 1 saturated heterocycles. The monoisotopic (exact) mass is 474 g/mol. The van der Waals surface area contributed by atoms with E-state index in [4.69, 9.17) is 11.6 Å². The molecule has 0 spiro atoms.